The minimum atomic E-state index is -1.74. The number of carbonyl (C=O) groups excluding carboxylic acids is 3. The second kappa shape index (κ2) is 14.1. The van der Waals surface area contributed by atoms with Crippen LogP contribution in [0.15, 0.2) is 11.8 Å². The summed E-state index contributed by atoms with van der Waals surface area (Å²) in [6, 6.07) is 0. The maximum Gasteiger partial charge on any atom is 1.00 e. The molecule has 0 aliphatic carbocycles. The Bertz CT molecular complexity index is 364. The Balaban J connectivity index is 0. The third-order valence-corrected chi connectivity index (χ3v) is 2.65. The van der Waals surface area contributed by atoms with Gasteiger partial charge in [-0.2, -0.15) is 0 Å². The molecular formula is C14H21NaO6. The number of unbranched alkanes of at least 4 members (excludes halogenated alkanes) is 6. The molecule has 6 nitrogen and oxygen atoms in total. The smallest absolute Gasteiger partial charge is 0.545 e. The van der Waals surface area contributed by atoms with E-state index < -0.39 is 23.7 Å². The van der Waals surface area contributed by atoms with E-state index in [1.165, 1.54) is 19.3 Å². The van der Waals surface area contributed by atoms with Crippen molar-refractivity contribution in [1.82, 2.24) is 0 Å². The van der Waals surface area contributed by atoms with Gasteiger partial charge in [-0.3, -0.25) is 4.79 Å². The molecule has 0 aliphatic heterocycles. The first kappa shape index (κ1) is 22.4. The minimum Gasteiger partial charge on any atom is -0.545 e. The standard InChI is InChI=1S/C14H22O6.Na/c1-2-3-4-5-6-7-8-9-13(18)20-14(19)11(15)10-12(16)17;/h10,15H,2-9H2,1H3,(H,16,17);/q;+1/p-1/b11-10-;. The summed E-state index contributed by atoms with van der Waals surface area (Å²) in [4.78, 5) is 32.4. The van der Waals surface area contributed by atoms with Crippen LogP contribution in [-0.2, 0) is 19.1 Å². The number of carboxylic acid groups (broad SMARTS) is 1. The van der Waals surface area contributed by atoms with Crippen LogP contribution in [0.2, 0.25) is 0 Å². The van der Waals surface area contributed by atoms with Gasteiger partial charge in [-0.1, -0.05) is 45.4 Å². The molecule has 1 N–H and O–H groups in total. The van der Waals surface area contributed by atoms with Crippen LogP contribution in [0.1, 0.15) is 58.3 Å². The molecule has 0 heterocycles. The van der Waals surface area contributed by atoms with Crippen LogP contribution in [0.25, 0.3) is 0 Å². The summed E-state index contributed by atoms with van der Waals surface area (Å²) in [5, 5.41) is 19.0. The molecule has 0 bridgehead atoms. The van der Waals surface area contributed by atoms with Gasteiger partial charge in [-0.05, 0) is 6.42 Å². The molecule has 0 amide bonds. The molecule has 0 unspecified atom stereocenters. The van der Waals surface area contributed by atoms with Crippen LogP contribution in [-0.4, -0.2) is 23.0 Å². The van der Waals surface area contributed by atoms with Crippen LogP contribution in [0.5, 0.6) is 0 Å². The van der Waals surface area contributed by atoms with E-state index in [0.717, 1.165) is 19.3 Å². The first-order valence-electron chi connectivity index (χ1n) is 6.84. The van der Waals surface area contributed by atoms with Crippen molar-refractivity contribution in [3.8, 4) is 0 Å². The van der Waals surface area contributed by atoms with E-state index in [9.17, 15) is 19.5 Å². The molecule has 0 saturated heterocycles. The fraction of sp³-hybridized carbons (Fsp3) is 0.643. The summed E-state index contributed by atoms with van der Waals surface area (Å²) in [5.74, 6) is -5.04. The fourth-order valence-corrected chi connectivity index (χ4v) is 1.60. The van der Waals surface area contributed by atoms with Crippen LogP contribution in [0.4, 0.5) is 0 Å². The summed E-state index contributed by atoms with van der Waals surface area (Å²) in [6.45, 7) is 2.14. The van der Waals surface area contributed by atoms with Gasteiger partial charge in [0.1, 0.15) is 0 Å². The van der Waals surface area contributed by atoms with Crippen molar-refractivity contribution in [2.24, 2.45) is 0 Å². The SMILES string of the molecule is CCCCCCCCCC(=O)OC(=O)/C(O)=C/C(=O)[O-].[Na+]. The molecule has 114 valence electrons. The number of hydrogen-bond acceptors (Lipinski definition) is 6. The van der Waals surface area contributed by atoms with E-state index in [0.29, 0.717) is 6.42 Å². The number of rotatable bonds is 10. The molecule has 0 aromatic heterocycles. The Kier molecular flexibility index (Phi) is 15.1. The average Bonchev–Trinajstić information content (AvgIpc) is 2.36. The van der Waals surface area contributed by atoms with Crippen molar-refractivity contribution in [2.75, 3.05) is 0 Å². The molecule has 0 fully saturated rings. The number of aliphatic hydroxyl groups excluding tert-OH is 1. The molecule has 0 aliphatic rings. The van der Waals surface area contributed by atoms with Crippen molar-refractivity contribution in [2.45, 2.75) is 58.3 Å². The van der Waals surface area contributed by atoms with Crippen molar-refractivity contribution >= 4 is 17.9 Å². The van der Waals surface area contributed by atoms with E-state index >= 15 is 0 Å². The summed E-state index contributed by atoms with van der Waals surface area (Å²) < 4.78 is 4.27. The number of esters is 2. The number of ether oxygens (including phenoxy) is 1. The monoisotopic (exact) mass is 308 g/mol. The first-order chi connectivity index (χ1) is 9.47. The third kappa shape index (κ3) is 13.9. The molecule has 21 heavy (non-hydrogen) atoms. The largest absolute Gasteiger partial charge is 1.00 e. The topological polar surface area (TPSA) is 104 Å². The zero-order valence-corrected chi connectivity index (χ0v) is 14.7. The quantitative estimate of drug-likeness (QED) is 0.130. The molecule has 0 atom stereocenters. The number of carbonyl (C=O) groups is 3. The summed E-state index contributed by atoms with van der Waals surface area (Å²) in [6.07, 6.45) is 7.42. The van der Waals surface area contributed by atoms with E-state index in [1.54, 1.807) is 0 Å². The van der Waals surface area contributed by atoms with Gasteiger partial charge in [0, 0.05) is 12.5 Å². The molecule has 0 aromatic carbocycles. The van der Waals surface area contributed by atoms with Crippen LogP contribution in [0.3, 0.4) is 0 Å². The molecule has 0 rings (SSSR count). The summed E-state index contributed by atoms with van der Waals surface area (Å²) in [5.41, 5.74) is 0. The normalized spacial score (nSPS) is 10.6. The van der Waals surface area contributed by atoms with Crippen molar-refractivity contribution in [3.05, 3.63) is 11.8 Å². The fourth-order valence-electron chi connectivity index (χ4n) is 1.60. The number of hydrogen-bond donors (Lipinski definition) is 1. The molecule has 0 saturated carbocycles. The van der Waals surface area contributed by atoms with Gasteiger partial charge in [-0.15, -0.1) is 0 Å². The van der Waals surface area contributed by atoms with Crippen LogP contribution in [0, 0.1) is 0 Å². The Morgan fingerprint density at radius 1 is 1.05 bits per heavy atom. The number of aliphatic hydroxyl groups is 1. The zero-order valence-electron chi connectivity index (χ0n) is 12.7. The summed E-state index contributed by atoms with van der Waals surface area (Å²) in [7, 11) is 0. The Morgan fingerprint density at radius 3 is 2.10 bits per heavy atom. The maximum atomic E-state index is 11.2. The molecule has 0 radical (unpaired) electrons. The van der Waals surface area contributed by atoms with Crippen LogP contribution < -0.4 is 34.7 Å². The van der Waals surface area contributed by atoms with Gasteiger partial charge in [0.15, 0.2) is 0 Å². The van der Waals surface area contributed by atoms with Gasteiger partial charge in [0.2, 0.25) is 5.76 Å². The second-order valence-electron chi connectivity index (χ2n) is 4.48. The van der Waals surface area contributed by atoms with E-state index in [2.05, 4.69) is 11.7 Å². The maximum absolute atomic E-state index is 11.2. The van der Waals surface area contributed by atoms with Crippen molar-refractivity contribution < 1.29 is 58.9 Å². The molecular weight excluding hydrogens is 287 g/mol. The second-order valence-corrected chi connectivity index (χ2v) is 4.48. The van der Waals surface area contributed by atoms with Gasteiger partial charge >= 0.3 is 41.5 Å². The van der Waals surface area contributed by atoms with E-state index in [-0.39, 0.29) is 42.1 Å². The minimum absolute atomic E-state index is 0. The summed E-state index contributed by atoms with van der Waals surface area (Å²) >= 11 is 0. The third-order valence-electron chi connectivity index (χ3n) is 2.65. The van der Waals surface area contributed by atoms with Gasteiger partial charge < -0.3 is 19.7 Å². The predicted molar refractivity (Wildman–Crippen MR) is 69.4 cm³/mol. The average molecular weight is 308 g/mol. The first-order valence-corrected chi connectivity index (χ1v) is 6.84. The number of aliphatic carboxylic acids is 1. The van der Waals surface area contributed by atoms with Crippen LogP contribution >= 0.6 is 0 Å². The molecule has 0 aromatic rings. The van der Waals surface area contributed by atoms with E-state index in [4.69, 9.17) is 5.11 Å². The van der Waals surface area contributed by atoms with E-state index in [1.807, 2.05) is 0 Å². The van der Waals surface area contributed by atoms with Gasteiger partial charge in [0.25, 0.3) is 0 Å². The van der Waals surface area contributed by atoms with Crippen molar-refractivity contribution in [3.63, 3.8) is 0 Å². The Hall–Kier alpha value is -0.850. The van der Waals surface area contributed by atoms with Gasteiger partial charge in [-0.25, -0.2) is 4.79 Å². The van der Waals surface area contributed by atoms with Gasteiger partial charge in [0.05, 0.1) is 5.97 Å². The molecule has 0 spiro atoms. The Labute approximate surface area is 146 Å². The van der Waals surface area contributed by atoms with Crippen molar-refractivity contribution in [1.29, 1.82) is 0 Å². The number of carboxylic acids is 1. The zero-order chi connectivity index (χ0) is 15.4. The predicted octanol–water partition coefficient (Wildman–Crippen LogP) is -1.61. The Morgan fingerprint density at radius 2 is 1.57 bits per heavy atom. The molecule has 7 heteroatoms.